The zero-order valence-electron chi connectivity index (χ0n) is 15.0. The van der Waals surface area contributed by atoms with Crippen molar-refractivity contribution in [2.24, 2.45) is 0 Å². The number of anilines is 1. The van der Waals surface area contributed by atoms with Crippen LogP contribution in [0.5, 0.6) is 5.75 Å². The van der Waals surface area contributed by atoms with Gasteiger partial charge in [-0.05, 0) is 36.8 Å². The van der Waals surface area contributed by atoms with Crippen LogP contribution in [0.1, 0.15) is 36.5 Å². The maximum atomic E-state index is 12.7. The average molecular weight is 372 g/mol. The number of hydrogen-bond donors (Lipinski definition) is 3. The monoisotopic (exact) mass is 372 g/mol. The molecule has 0 spiro atoms. The Morgan fingerprint density at radius 3 is 2.54 bits per heavy atom. The summed E-state index contributed by atoms with van der Waals surface area (Å²) >= 11 is 4.33. The Labute approximate surface area is 159 Å². The fourth-order valence-electron chi connectivity index (χ4n) is 2.49. The number of carbonyl (C=O) groups is 2. The maximum Gasteiger partial charge on any atom is 0.253 e. The highest BCUT2D eigenvalue weighted by Crippen LogP contribution is 2.21. The van der Waals surface area contributed by atoms with Gasteiger partial charge in [0.15, 0.2) is 0 Å². The number of rotatable bonds is 8. The van der Waals surface area contributed by atoms with Gasteiger partial charge in [-0.3, -0.25) is 9.59 Å². The quantitative estimate of drug-likeness (QED) is 0.616. The van der Waals surface area contributed by atoms with Crippen molar-refractivity contribution in [2.45, 2.75) is 37.1 Å². The van der Waals surface area contributed by atoms with Crippen LogP contribution in [0.2, 0.25) is 0 Å². The third-order valence-corrected chi connectivity index (χ3v) is 4.35. The molecular weight excluding hydrogens is 348 g/mol. The van der Waals surface area contributed by atoms with Gasteiger partial charge in [-0.2, -0.15) is 0 Å². The van der Waals surface area contributed by atoms with Crippen LogP contribution in [0.4, 0.5) is 5.69 Å². The molecule has 138 valence electrons. The number of unbranched alkanes of at least 4 members (excludes halogenated alkanes) is 1. The second-order valence-corrected chi connectivity index (χ2v) is 6.39. The molecule has 0 aliphatic rings. The second kappa shape index (κ2) is 9.87. The van der Waals surface area contributed by atoms with Gasteiger partial charge in [-0.25, -0.2) is 0 Å². The molecule has 0 aliphatic carbocycles. The number of carbonyl (C=O) groups excluding carboxylic acids is 2. The van der Waals surface area contributed by atoms with Crippen LogP contribution in [0.25, 0.3) is 0 Å². The van der Waals surface area contributed by atoms with Gasteiger partial charge in [0, 0.05) is 10.6 Å². The fourth-order valence-corrected chi connectivity index (χ4v) is 2.73. The standard InChI is InChI=1S/C20H24N2O3S/c1-3-4-10-17(20(24)21-14-8-6-5-7-9-14)22-19(23)16-13-15(25-2)11-12-18(16)26/h5-9,11-13,17,26H,3-4,10H2,1-2H3,(H,21,24)(H,22,23). The third kappa shape index (κ3) is 5.52. The Morgan fingerprint density at radius 2 is 1.88 bits per heavy atom. The lowest BCUT2D eigenvalue weighted by Crippen LogP contribution is -2.43. The number of benzene rings is 2. The van der Waals surface area contributed by atoms with Gasteiger partial charge in [0.2, 0.25) is 5.91 Å². The van der Waals surface area contributed by atoms with Crippen molar-refractivity contribution in [3.63, 3.8) is 0 Å². The van der Waals surface area contributed by atoms with Crippen molar-refractivity contribution in [1.29, 1.82) is 0 Å². The molecule has 0 saturated heterocycles. The molecule has 0 heterocycles. The molecule has 2 amide bonds. The lowest BCUT2D eigenvalue weighted by molar-refractivity contribution is -0.118. The minimum atomic E-state index is -0.624. The zero-order chi connectivity index (χ0) is 18.9. The molecule has 0 radical (unpaired) electrons. The smallest absolute Gasteiger partial charge is 0.253 e. The van der Waals surface area contributed by atoms with Crippen molar-refractivity contribution in [1.82, 2.24) is 5.32 Å². The molecule has 6 heteroatoms. The number of hydrogen-bond acceptors (Lipinski definition) is 4. The summed E-state index contributed by atoms with van der Waals surface area (Å²) in [7, 11) is 1.53. The Kier molecular flexibility index (Phi) is 7.53. The van der Waals surface area contributed by atoms with E-state index >= 15 is 0 Å². The number of methoxy groups -OCH3 is 1. The van der Waals surface area contributed by atoms with Gasteiger partial charge in [-0.1, -0.05) is 38.0 Å². The van der Waals surface area contributed by atoms with Gasteiger partial charge in [0.25, 0.3) is 5.91 Å². The van der Waals surface area contributed by atoms with E-state index < -0.39 is 6.04 Å². The van der Waals surface area contributed by atoms with Crippen LogP contribution in [0.3, 0.4) is 0 Å². The molecule has 0 bridgehead atoms. The van der Waals surface area contributed by atoms with Crippen molar-refractivity contribution < 1.29 is 14.3 Å². The number of ether oxygens (including phenoxy) is 1. The molecule has 2 aromatic rings. The van der Waals surface area contributed by atoms with E-state index in [1.807, 2.05) is 37.3 Å². The van der Waals surface area contributed by atoms with E-state index in [1.54, 1.807) is 18.2 Å². The van der Waals surface area contributed by atoms with Crippen LogP contribution < -0.4 is 15.4 Å². The lowest BCUT2D eigenvalue weighted by atomic mass is 10.1. The molecule has 0 fully saturated rings. The van der Waals surface area contributed by atoms with Crippen LogP contribution in [-0.2, 0) is 4.79 Å². The molecule has 2 N–H and O–H groups in total. The van der Waals surface area contributed by atoms with Crippen molar-refractivity contribution in [3.8, 4) is 5.75 Å². The predicted molar refractivity (Wildman–Crippen MR) is 106 cm³/mol. The van der Waals surface area contributed by atoms with Crippen molar-refractivity contribution >= 4 is 30.1 Å². The van der Waals surface area contributed by atoms with E-state index in [9.17, 15) is 9.59 Å². The van der Waals surface area contributed by atoms with Crippen LogP contribution in [-0.4, -0.2) is 25.0 Å². The summed E-state index contributed by atoms with van der Waals surface area (Å²) < 4.78 is 5.16. The SMILES string of the molecule is CCCCC(NC(=O)c1cc(OC)ccc1S)C(=O)Nc1ccccc1. The van der Waals surface area contributed by atoms with Gasteiger partial charge < -0.3 is 15.4 Å². The highest BCUT2D eigenvalue weighted by atomic mass is 32.1. The first-order valence-electron chi connectivity index (χ1n) is 8.59. The normalized spacial score (nSPS) is 11.5. The van der Waals surface area contributed by atoms with E-state index in [1.165, 1.54) is 7.11 Å². The topological polar surface area (TPSA) is 67.4 Å². The van der Waals surface area contributed by atoms with Gasteiger partial charge in [0.05, 0.1) is 12.7 Å². The number of para-hydroxylation sites is 1. The molecule has 5 nitrogen and oxygen atoms in total. The van der Waals surface area contributed by atoms with Crippen molar-refractivity contribution in [2.75, 3.05) is 12.4 Å². The highest BCUT2D eigenvalue weighted by molar-refractivity contribution is 7.80. The molecule has 1 unspecified atom stereocenters. The molecular formula is C20H24N2O3S. The number of nitrogens with one attached hydrogen (secondary N) is 2. The molecule has 2 aromatic carbocycles. The van der Waals surface area contributed by atoms with Gasteiger partial charge >= 0.3 is 0 Å². The molecule has 1 atom stereocenters. The molecule has 0 aromatic heterocycles. The van der Waals surface area contributed by atoms with Crippen LogP contribution in [0.15, 0.2) is 53.4 Å². The Bertz CT molecular complexity index is 750. The maximum absolute atomic E-state index is 12.7. The van der Waals surface area contributed by atoms with E-state index in [0.29, 0.717) is 28.3 Å². The summed E-state index contributed by atoms with van der Waals surface area (Å²) in [5, 5.41) is 5.67. The average Bonchev–Trinajstić information content (AvgIpc) is 2.66. The molecule has 2 rings (SSSR count). The van der Waals surface area contributed by atoms with Crippen LogP contribution in [0, 0.1) is 0 Å². The summed E-state index contributed by atoms with van der Waals surface area (Å²) in [5.41, 5.74) is 1.08. The molecule has 26 heavy (non-hydrogen) atoms. The van der Waals surface area contributed by atoms with E-state index in [4.69, 9.17) is 4.74 Å². The molecule has 0 saturated carbocycles. The summed E-state index contributed by atoms with van der Waals surface area (Å²) in [6, 6.07) is 13.6. The number of thiol groups is 1. The number of amides is 2. The van der Waals surface area contributed by atoms with Crippen molar-refractivity contribution in [3.05, 3.63) is 54.1 Å². The zero-order valence-corrected chi connectivity index (χ0v) is 15.9. The minimum Gasteiger partial charge on any atom is -0.497 e. The van der Waals surface area contributed by atoms with Gasteiger partial charge in [0.1, 0.15) is 11.8 Å². The summed E-state index contributed by atoms with van der Waals surface area (Å²) in [5.74, 6) is -0.0216. The largest absolute Gasteiger partial charge is 0.497 e. The Morgan fingerprint density at radius 1 is 1.15 bits per heavy atom. The summed E-state index contributed by atoms with van der Waals surface area (Å²) in [4.78, 5) is 25.8. The summed E-state index contributed by atoms with van der Waals surface area (Å²) in [6.45, 7) is 2.04. The lowest BCUT2D eigenvalue weighted by Gasteiger charge is -2.19. The van der Waals surface area contributed by atoms with E-state index in [-0.39, 0.29) is 11.8 Å². The van der Waals surface area contributed by atoms with E-state index in [2.05, 4.69) is 23.3 Å². The second-order valence-electron chi connectivity index (χ2n) is 5.91. The van der Waals surface area contributed by atoms with Crippen LogP contribution >= 0.6 is 12.6 Å². The van der Waals surface area contributed by atoms with E-state index in [0.717, 1.165) is 12.8 Å². The van der Waals surface area contributed by atoms with Gasteiger partial charge in [-0.15, -0.1) is 12.6 Å². The first-order valence-corrected chi connectivity index (χ1v) is 9.03. The Balaban J connectivity index is 2.13. The Hall–Kier alpha value is -2.47. The highest BCUT2D eigenvalue weighted by Gasteiger charge is 2.22. The first kappa shape index (κ1) is 19.8. The summed E-state index contributed by atoms with van der Waals surface area (Å²) in [6.07, 6.45) is 2.33. The minimum absolute atomic E-state index is 0.235. The first-order chi connectivity index (χ1) is 12.5. The molecule has 0 aliphatic heterocycles. The third-order valence-electron chi connectivity index (χ3n) is 3.96. The predicted octanol–water partition coefficient (Wildman–Crippen LogP) is 3.91. The fraction of sp³-hybridized carbons (Fsp3) is 0.300.